The van der Waals surface area contributed by atoms with E-state index < -0.39 is 17.6 Å². The second-order valence-electron chi connectivity index (χ2n) is 4.45. The average molecular weight is 321 g/mol. The van der Waals surface area contributed by atoms with Crippen molar-refractivity contribution in [2.24, 2.45) is 0 Å². The maximum absolute atomic E-state index is 14.0. The van der Waals surface area contributed by atoms with Gasteiger partial charge in [-0.05, 0) is 6.92 Å². The van der Waals surface area contributed by atoms with E-state index in [1.807, 2.05) is 0 Å². The van der Waals surface area contributed by atoms with Crippen LogP contribution in [0.5, 0.6) is 5.75 Å². The molecule has 0 saturated heterocycles. The number of ether oxygens (including phenoxy) is 2. The summed E-state index contributed by atoms with van der Waals surface area (Å²) in [6, 6.07) is 3.43. The highest BCUT2D eigenvalue weighted by Crippen LogP contribution is 2.32. The fraction of sp³-hybridized carbons (Fsp3) is 0.200. The molecular weight excluding hydrogens is 308 g/mol. The Morgan fingerprint density at radius 2 is 2.13 bits per heavy atom. The van der Waals surface area contributed by atoms with E-state index in [-0.39, 0.29) is 35.0 Å². The quantitative estimate of drug-likeness (QED) is 0.873. The number of halogens is 2. The SMILES string of the molecule is CCOc1c(F)cc(F)cc1-n1cc(C#N)c(N)c1C(=O)OC. The van der Waals surface area contributed by atoms with Gasteiger partial charge in [-0.1, -0.05) is 0 Å². The number of benzene rings is 1. The van der Waals surface area contributed by atoms with Crippen LogP contribution in [0.3, 0.4) is 0 Å². The van der Waals surface area contributed by atoms with Gasteiger partial charge in [0.1, 0.15) is 11.9 Å². The number of nitrogens with zero attached hydrogens (tertiary/aromatic N) is 2. The number of aromatic nitrogens is 1. The third kappa shape index (κ3) is 2.81. The number of hydrogen-bond donors (Lipinski definition) is 1. The van der Waals surface area contributed by atoms with Crippen molar-refractivity contribution in [3.05, 3.63) is 41.2 Å². The smallest absolute Gasteiger partial charge is 0.357 e. The molecular formula is C15H13F2N3O3. The molecule has 0 radical (unpaired) electrons. The van der Waals surface area contributed by atoms with Crippen molar-refractivity contribution in [1.82, 2.24) is 4.57 Å². The first kappa shape index (κ1) is 16.3. The van der Waals surface area contributed by atoms with Crippen LogP contribution in [0.1, 0.15) is 23.0 Å². The minimum Gasteiger partial charge on any atom is -0.489 e. The fourth-order valence-corrected chi connectivity index (χ4v) is 2.12. The molecule has 0 bridgehead atoms. The Hall–Kier alpha value is -3.08. The molecule has 0 aliphatic carbocycles. The number of hydrogen-bond acceptors (Lipinski definition) is 5. The number of methoxy groups -OCH3 is 1. The van der Waals surface area contributed by atoms with Crippen molar-refractivity contribution in [3.8, 4) is 17.5 Å². The third-order valence-corrected chi connectivity index (χ3v) is 3.08. The maximum atomic E-state index is 14.0. The molecule has 0 saturated carbocycles. The Morgan fingerprint density at radius 3 is 2.70 bits per heavy atom. The first-order valence-corrected chi connectivity index (χ1v) is 6.56. The van der Waals surface area contributed by atoms with Gasteiger partial charge in [0.05, 0.1) is 30.7 Å². The lowest BCUT2D eigenvalue weighted by Gasteiger charge is -2.14. The zero-order valence-electron chi connectivity index (χ0n) is 12.4. The van der Waals surface area contributed by atoms with Gasteiger partial charge in [0.2, 0.25) is 0 Å². The van der Waals surface area contributed by atoms with E-state index >= 15 is 0 Å². The fourth-order valence-electron chi connectivity index (χ4n) is 2.12. The Labute approximate surface area is 130 Å². The van der Waals surface area contributed by atoms with Gasteiger partial charge < -0.3 is 19.8 Å². The Balaban J connectivity index is 2.82. The topological polar surface area (TPSA) is 90.3 Å². The lowest BCUT2D eigenvalue weighted by atomic mass is 10.2. The van der Waals surface area contributed by atoms with Crippen molar-refractivity contribution in [2.75, 3.05) is 19.5 Å². The van der Waals surface area contributed by atoms with E-state index in [4.69, 9.17) is 15.7 Å². The van der Waals surface area contributed by atoms with Gasteiger partial charge in [0, 0.05) is 18.3 Å². The van der Waals surface area contributed by atoms with Crippen LogP contribution < -0.4 is 10.5 Å². The molecule has 0 fully saturated rings. The summed E-state index contributed by atoms with van der Waals surface area (Å²) in [4.78, 5) is 11.9. The van der Waals surface area contributed by atoms with E-state index in [2.05, 4.69) is 4.74 Å². The van der Waals surface area contributed by atoms with Gasteiger partial charge in [0.15, 0.2) is 17.3 Å². The molecule has 23 heavy (non-hydrogen) atoms. The summed E-state index contributed by atoms with van der Waals surface area (Å²) >= 11 is 0. The molecule has 0 aliphatic rings. The summed E-state index contributed by atoms with van der Waals surface area (Å²) in [5, 5.41) is 9.06. The number of rotatable bonds is 4. The second-order valence-corrected chi connectivity index (χ2v) is 4.45. The number of nitrogen functional groups attached to an aromatic ring is 1. The van der Waals surface area contributed by atoms with Gasteiger partial charge in [-0.25, -0.2) is 13.6 Å². The molecule has 0 amide bonds. The predicted octanol–water partition coefficient (Wildman–Crippen LogP) is 2.39. The molecule has 0 unspecified atom stereocenters. The van der Waals surface area contributed by atoms with Crippen LogP contribution in [-0.2, 0) is 4.74 Å². The van der Waals surface area contributed by atoms with Crippen LogP contribution in [0.15, 0.2) is 18.3 Å². The largest absolute Gasteiger partial charge is 0.489 e. The van der Waals surface area contributed by atoms with Crippen molar-refractivity contribution >= 4 is 11.7 Å². The van der Waals surface area contributed by atoms with Crippen LogP contribution in [0.4, 0.5) is 14.5 Å². The monoisotopic (exact) mass is 321 g/mol. The summed E-state index contributed by atoms with van der Waals surface area (Å²) in [7, 11) is 1.13. The molecule has 2 rings (SSSR count). The van der Waals surface area contributed by atoms with Gasteiger partial charge in [-0.15, -0.1) is 0 Å². The highest BCUT2D eigenvalue weighted by molar-refractivity contribution is 5.96. The van der Waals surface area contributed by atoms with Crippen LogP contribution in [0.2, 0.25) is 0 Å². The normalized spacial score (nSPS) is 10.2. The van der Waals surface area contributed by atoms with Crippen LogP contribution in [-0.4, -0.2) is 24.3 Å². The molecule has 1 aromatic heterocycles. The highest BCUT2D eigenvalue weighted by Gasteiger charge is 2.25. The van der Waals surface area contributed by atoms with Crippen molar-refractivity contribution in [3.63, 3.8) is 0 Å². The van der Waals surface area contributed by atoms with E-state index in [9.17, 15) is 13.6 Å². The molecule has 0 spiro atoms. The maximum Gasteiger partial charge on any atom is 0.357 e. The summed E-state index contributed by atoms with van der Waals surface area (Å²) in [6.07, 6.45) is 1.19. The first-order chi connectivity index (χ1) is 10.9. The Bertz CT molecular complexity index is 809. The van der Waals surface area contributed by atoms with E-state index in [0.717, 1.165) is 17.7 Å². The van der Waals surface area contributed by atoms with Crippen LogP contribution in [0.25, 0.3) is 5.69 Å². The molecule has 8 heteroatoms. The van der Waals surface area contributed by atoms with Gasteiger partial charge in [0.25, 0.3) is 0 Å². The standard InChI is InChI=1S/C15H13F2N3O3/c1-3-23-14-10(17)4-9(16)5-11(14)20-7-8(6-18)12(19)13(20)15(21)22-2/h4-5,7H,3,19H2,1-2H3. The lowest BCUT2D eigenvalue weighted by molar-refractivity contribution is 0.0593. The van der Waals surface area contributed by atoms with E-state index in [1.54, 1.807) is 13.0 Å². The number of carbonyl (C=O) groups excluding carboxylic acids is 1. The minimum absolute atomic E-state index is 0.0301. The molecule has 0 aliphatic heterocycles. The Morgan fingerprint density at radius 1 is 1.43 bits per heavy atom. The van der Waals surface area contributed by atoms with Gasteiger partial charge >= 0.3 is 5.97 Å². The van der Waals surface area contributed by atoms with Crippen molar-refractivity contribution in [1.29, 1.82) is 5.26 Å². The number of nitriles is 1. The zero-order chi connectivity index (χ0) is 17.1. The molecule has 1 heterocycles. The molecule has 0 atom stereocenters. The number of nitrogens with two attached hydrogens (primary N) is 1. The van der Waals surface area contributed by atoms with Gasteiger partial charge in [-0.2, -0.15) is 5.26 Å². The summed E-state index contributed by atoms with van der Waals surface area (Å²) in [6.45, 7) is 1.74. The summed E-state index contributed by atoms with van der Waals surface area (Å²) in [5.74, 6) is -2.93. The zero-order valence-corrected chi connectivity index (χ0v) is 12.4. The highest BCUT2D eigenvalue weighted by atomic mass is 19.1. The van der Waals surface area contributed by atoms with Crippen molar-refractivity contribution in [2.45, 2.75) is 6.92 Å². The number of anilines is 1. The first-order valence-electron chi connectivity index (χ1n) is 6.56. The van der Waals surface area contributed by atoms with E-state index in [1.165, 1.54) is 6.20 Å². The molecule has 2 N–H and O–H groups in total. The number of esters is 1. The second kappa shape index (κ2) is 6.36. The summed E-state index contributed by atoms with van der Waals surface area (Å²) in [5.41, 5.74) is 5.27. The minimum atomic E-state index is -0.941. The van der Waals surface area contributed by atoms with Crippen LogP contribution >= 0.6 is 0 Å². The lowest BCUT2D eigenvalue weighted by Crippen LogP contribution is -2.13. The predicted molar refractivity (Wildman–Crippen MR) is 77.3 cm³/mol. The van der Waals surface area contributed by atoms with Crippen molar-refractivity contribution < 1.29 is 23.0 Å². The Kier molecular flexibility index (Phi) is 4.50. The number of carbonyl (C=O) groups is 1. The van der Waals surface area contributed by atoms with Gasteiger partial charge in [-0.3, -0.25) is 0 Å². The third-order valence-electron chi connectivity index (χ3n) is 3.08. The van der Waals surface area contributed by atoms with Crippen LogP contribution in [0, 0.1) is 23.0 Å². The summed E-state index contributed by atoms with van der Waals surface area (Å²) < 4.78 is 38.5. The molecule has 120 valence electrons. The molecule has 6 nitrogen and oxygen atoms in total. The molecule has 2 aromatic rings. The van der Waals surface area contributed by atoms with E-state index in [0.29, 0.717) is 6.07 Å². The average Bonchev–Trinajstić information content (AvgIpc) is 2.85. The molecule has 1 aromatic carbocycles.